The molecule has 2 aromatic carbocycles. The lowest BCUT2D eigenvalue weighted by atomic mass is 10.1. The topological polar surface area (TPSA) is 26.5 Å². The zero-order valence-corrected chi connectivity index (χ0v) is 13.7. The van der Waals surface area contributed by atoms with Crippen molar-refractivity contribution in [2.45, 2.75) is 19.5 Å². The molecule has 3 nitrogen and oxygen atoms in total. The number of aliphatic imine (C=N–C) groups is 1. The lowest BCUT2D eigenvalue weighted by Crippen LogP contribution is -2.10. The van der Waals surface area contributed by atoms with Gasteiger partial charge in [-0.15, -0.1) is 0 Å². The van der Waals surface area contributed by atoms with E-state index in [4.69, 9.17) is 9.73 Å². The summed E-state index contributed by atoms with van der Waals surface area (Å²) in [6.45, 7) is 3.55. The second-order valence-corrected chi connectivity index (χ2v) is 6.18. The van der Waals surface area contributed by atoms with E-state index in [0.717, 1.165) is 18.1 Å². The number of aromatic nitrogens is 1. The van der Waals surface area contributed by atoms with Crippen molar-refractivity contribution >= 4 is 5.90 Å². The highest BCUT2D eigenvalue weighted by Crippen LogP contribution is 2.25. The third kappa shape index (κ3) is 2.98. The lowest BCUT2D eigenvalue weighted by molar-refractivity contribution is 0.318. The van der Waals surface area contributed by atoms with Gasteiger partial charge in [-0.05, 0) is 30.2 Å². The number of hydrogen-bond acceptors (Lipinski definition) is 2. The summed E-state index contributed by atoms with van der Waals surface area (Å²) < 4.78 is 8.09. The first-order chi connectivity index (χ1) is 11.8. The van der Waals surface area contributed by atoms with Crippen LogP contribution in [0.5, 0.6) is 0 Å². The van der Waals surface area contributed by atoms with Crippen molar-refractivity contribution in [1.29, 1.82) is 0 Å². The molecule has 24 heavy (non-hydrogen) atoms. The Balaban J connectivity index is 1.59. The molecule has 0 saturated heterocycles. The molecule has 0 aliphatic carbocycles. The summed E-state index contributed by atoms with van der Waals surface area (Å²) >= 11 is 0. The van der Waals surface area contributed by atoms with Crippen molar-refractivity contribution in [2.24, 2.45) is 4.99 Å². The van der Waals surface area contributed by atoms with Gasteiger partial charge in [0.2, 0.25) is 5.90 Å². The first-order valence-electron chi connectivity index (χ1n) is 8.26. The molecule has 0 saturated carbocycles. The monoisotopic (exact) mass is 316 g/mol. The highest BCUT2D eigenvalue weighted by atomic mass is 16.5. The van der Waals surface area contributed by atoms with Gasteiger partial charge in [0.25, 0.3) is 0 Å². The highest BCUT2D eigenvalue weighted by molar-refractivity contribution is 5.93. The maximum Gasteiger partial charge on any atom is 0.234 e. The molecule has 3 aromatic rings. The summed E-state index contributed by atoms with van der Waals surface area (Å²) in [7, 11) is 0. The normalized spacial score (nSPS) is 16.7. The van der Waals surface area contributed by atoms with E-state index >= 15 is 0 Å². The second kappa shape index (κ2) is 6.36. The van der Waals surface area contributed by atoms with Gasteiger partial charge in [0.15, 0.2) is 0 Å². The minimum atomic E-state index is 0.0866. The molecular formula is C21H20N2O. The Morgan fingerprint density at radius 1 is 1.04 bits per heavy atom. The molecule has 0 bridgehead atoms. The van der Waals surface area contributed by atoms with Gasteiger partial charge in [0, 0.05) is 12.7 Å². The molecule has 1 aromatic heterocycles. The molecule has 1 aliphatic rings. The third-order valence-electron chi connectivity index (χ3n) is 4.32. The number of ether oxygens (including phenoxy) is 1. The van der Waals surface area contributed by atoms with Crippen LogP contribution < -0.4 is 0 Å². The fourth-order valence-electron chi connectivity index (χ4n) is 3.11. The van der Waals surface area contributed by atoms with Crippen LogP contribution in [-0.2, 0) is 11.3 Å². The van der Waals surface area contributed by atoms with Crippen LogP contribution in [0.2, 0.25) is 0 Å². The van der Waals surface area contributed by atoms with E-state index in [2.05, 4.69) is 60.2 Å². The molecule has 1 aliphatic heterocycles. The third-order valence-corrected chi connectivity index (χ3v) is 4.32. The molecule has 0 N–H and O–H groups in total. The average Bonchev–Trinajstić information content (AvgIpc) is 3.25. The number of nitrogens with zero attached hydrogens (tertiary/aromatic N) is 2. The molecule has 0 spiro atoms. The number of aryl methyl sites for hydroxylation is 1. The molecule has 0 radical (unpaired) electrons. The zero-order valence-electron chi connectivity index (χ0n) is 13.7. The van der Waals surface area contributed by atoms with E-state index in [1.807, 2.05) is 24.3 Å². The standard InChI is InChI=1S/C21H20N2O/c1-16-7-5-8-17(13-16)14-23-12-6-11-20(23)21-22-19(15-24-21)18-9-3-2-4-10-18/h2-13,19H,14-15H2,1H3. The first-order valence-corrected chi connectivity index (χ1v) is 8.26. The zero-order chi connectivity index (χ0) is 16.4. The van der Waals surface area contributed by atoms with Gasteiger partial charge in [0.1, 0.15) is 18.3 Å². The van der Waals surface area contributed by atoms with E-state index in [1.165, 1.54) is 16.7 Å². The summed E-state index contributed by atoms with van der Waals surface area (Å²) in [5.41, 5.74) is 4.80. The van der Waals surface area contributed by atoms with E-state index in [0.29, 0.717) is 6.61 Å². The van der Waals surface area contributed by atoms with Crippen molar-refractivity contribution in [2.75, 3.05) is 6.61 Å². The Morgan fingerprint density at radius 2 is 1.92 bits per heavy atom. The Labute approximate surface area is 142 Å². The maximum atomic E-state index is 5.90. The molecule has 3 heteroatoms. The van der Waals surface area contributed by atoms with E-state index in [1.54, 1.807) is 0 Å². The predicted octanol–water partition coefficient (Wildman–Crippen LogP) is 4.36. The molecule has 2 heterocycles. The van der Waals surface area contributed by atoms with Gasteiger partial charge in [0.05, 0.1) is 0 Å². The quantitative estimate of drug-likeness (QED) is 0.702. The largest absolute Gasteiger partial charge is 0.474 e. The minimum Gasteiger partial charge on any atom is -0.474 e. The van der Waals surface area contributed by atoms with E-state index in [9.17, 15) is 0 Å². The minimum absolute atomic E-state index is 0.0866. The SMILES string of the molecule is Cc1cccc(Cn2cccc2C2=NC(c3ccccc3)CO2)c1. The lowest BCUT2D eigenvalue weighted by Gasteiger charge is -2.09. The Hall–Kier alpha value is -2.81. The fraction of sp³-hybridized carbons (Fsp3) is 0.190. The molecule has 1 unspecified atom stereocenters. The molecule has 1 atom stereocenters. The van der Waals surface area contributed by atoms with Crippen LogP contribution >= 0.6 is 0 Å². The molecular weight excluding hydrogens is 296 g/mol. The van der Waals surface area contributed by atoms with E-state index in [-0.39, 0.29) is 6.04 Å². The maximum absolute atomic E-state index is 5.90. The smallest absolute Gasteiger partial charge is 0.234 e. The van der Waals surface area contributed by atoms with Crippen LogP contribution in [0.4, 0.5) is 0 Å². The summed E-state index contributed by atoms with van der Waals surface area (Å²) in [6, 6.07) is 23.1. The number of hydrogen-bond donors (Lipinski definition) is 0. The predicted molar refractivity (Wildman–Crippen MR) is 96.4 cm³/mol. The van der Waals surface area contributed by atoms with Crippen molar-refractivity contribution in [1.82, 2.24) is 4.57 Å². The second-order valence-electron chi connectivity index (χ2n) is 6.18. The van der Waals surface area contributed by atoms with Gasteiger partial charge in [-0.1, -0.05) is 60.2 Å². The Bertz CT molecular complexity index is 864. The van der Waals surface area contributed by atoms with Crippen LogP contribution in [0.25, 0.3) is 0 Å². The van der Waals surface area contributed by atoms with Crippen LogP contribution in [0.1, 0.15) is 28.4 Å². The van der Waals surface area contributed by atoms with Crippen molar-refractivity contribution in [3.05, 3.63) is 95.3 Å². The Morgan fingerprint density at radius 3 is 2.75 bits per heavy atom. The number of rotatable bonds is 4. The molecule has 0 amide bonds. The van der Waals surface area contributed by atoms with Gasteiger partial charge in [-0.3, -0.25) is 0 Å². The summed E-state index contributed by atoms with van der Waals surface area (Å²) in [5.74, 6) is 0.738. The summed E-state index contributed by atoms with van der Waals surface area (Å²) in [5, 5.41) is 0. The fourth-order valence-corrected chi connectivity index (χ4v) is 3.11. The van der Waals surface area contributed by atoms with Gasteiger partial charge in [-0.2, -0.15) is 0 Å². The summed E-state index contributed by atoms with van der Waals surface area (Å²) in [6.07, 6.45) is 2.08. The summed E-state index contributed by atoms with van der Waals surface area (Å²) in [4.78, 5) is 4.79. The highest BCUT2D eigenvalue weighted by Gasteiger charge is 2.23. The average molecular weight is 316 g/mol. The van der Waals surface area contributed by atoms with Crippen LogP contribution in [0, 0.1) is 6.92 Å². The van der Waals surface area contributed by atoms with E-state index < -0.39 is 0 Å². The van der Waals surface area contributed by atoms with Gasteiger partial charge in [-0.25, -0.2) is 4.99 Å². The molecule has 120 valence electrons. The van der Waals surface area contributed by atoms with Crippen LogP contribution in [0.3, 0.4) is 0 Å². The van der Waals surface area contributed by atoms with Crippen molar-refractivity contribution in [3.8, 4) is 0 Å². The number of benzene rings is 2. The van der Waals surface area contributed by atoms with Crippen molar-refractivity contribution in [3.63, 3.8) is 0 Å². The van der Waals surface area contributed by atoms with Gasteiger partial charge >= 0.3 is 0 Å². The van der Waals surface area contributed by atoms with Gasteiger partial charge < -0.3 is 9.30 Å². The molecule has 4 rings (SSSR count). The van der Waals surface area contributed by atoms with Crippen LogP contribution in [0.15, 0.2) is 77.9 Å². The Kier molecular flexibility index (Phi) is 3.91. The van der Waals surface area contributed by atoms with Crippen molar-refractivity contribution < 1.29 is 4.74 Å². The first kappa shape index (κ1) is 14.8. The van der Waals surface area contributed by atoms with Crippen LogP contribution in [-0.4, -0.2) is 17.1 Å². The molecule has 0 fully saturated rings.